The van der Waals surface area contributed by atoms with Gasteiger partial charge in [-0.3, -0.25) is 4.18 Å². The van der Waals surface area contributed by atoms with E-state index < -0.39 is 10.4 Å². The average Bonchev–Trinajstić information content (AvgIpc) is 2.39. The Balaban J connectivity index is 0.000000346. The average molecular weight is 333 g/mol. The number of anilines is 3. The molecule has 9 nitrogen and oxygen atoms in total. The number of aromatic nitrogens is 1. The van der Waals surface area contributed by atoms with Crippen molar-refractivity contribution < 1.29 is 21.6 Å². The van der Waals surface area contributed by atoms with Gasteiger partial charge in [0.05, 0.1) is 65.0 Å². The van der Waals surface area contributed by atoms with Crippen LogP contribution in [0.4, 0.5) is 17.2 Å². The van der Waals surface area contributed by atoms with Gasteiger partial charge in [0.15, 0.2) is 5.82 Å². The summed E-state index contributed by atoms with van der Waals surface area (Å²) in [5, 5.41) is 0. The van der Waals surface area contributed by atoms with Gasteiger partial charge in [-0.25, -0.2) is 13.4 Å². The van der Waals surface area contributed by atoms with Gasteiger partial charge in [0.2, 0.25) is 10.4 Å². The SMILES string of the molecule is COS(=O)(=O)[O-].C[N+]1(C)CCN(c2ncc(N)cc2N)CC1. The van der Waals surface area contributed by atoms with E-state index in [-0.39, 0.29) is 0 Å². The Morgan fingerprint density at radius 1 is 1.32 bits per heavy atom. The molecule has 0 radical (unpaired) electrons. The van der Waals surface area contributed by atoms with Gasteiger partial charge in [0, 0.05) is 0 Å². The first-order valence-electron chi connectivity index (χ1n) is 6.63. The summed E-state index contributed by atoms with van der Waals surface area (Å²) in [6, 6.07) is 1.77. The first kappa shape index (κ1) is 18.4. The Hall–Kier alpha value is -1.62. The van der Waals surface area contributed by atoms with Crippen LogP contribution in [0.1, 0.15) is 0 Å². The molecular formula is C12H23N5O4S. The molecule has 4 N–H and O–H groups in total. The summed E-state index contributed by atoms with van der Waals surface area (Å²) in [7, 11) is 0.890. The van der Waals surface area contributed by atoms with Crippen LogP contribution in [0.5, 0.6) is 0 Å². The summed E-state index contributed by atoms with van der Waals surface area (Å²) in [6.07, 6.45) is 1.67. The summed E-state index contributed by atoms with van der Waals surface area (Å²) in [6.45, 7) is 4.22. The van der Waals surface area contributed by atoms with Gasteiger partial charge in [-0.15, -0.1) is 0 Å². The smallest absolute Gasteiger partial charge is 0.217 e. The molecule has 1 aliphatic heterocycles. The molecule has 1 fully saturated rings. The molecule has 1 aromatic rings. The lowest BCUT2D eigenvalue weighted by atomic mass is 10.2. The molecule has 0 atom stereocenters. The lowest BCUT2D eigenvalue weighted by Crippen LogP contribution is -2.55. The van der Waals surface area contributed by atoms with E-state index in [1.54, 1.807) is 12.3 Å². The van der Waals surface area contributed by atoms with Crippen LogP contribution < -0.4 is 16.4 Å². The molecule has 0 amide bonds. The van der Waals surface area contributed by atoms with E-state index in [4.69, 9.17) is 11.5 Å². The fraction of sp³-hybridized carbons (Fsp3) is 0.583. The fourth-order valence-electron chi connectivity index (χ4n) is 1.97. The highest BCUT2D eigenvalue weighted by Crippen LogP contribution is 2.23. The van der Waals surface area contributed by atoms with Crippen LogP contribution in [-0.4, -0.2) is 69.8 Å². The van der Waals surface area contributed by atoms with Gasteiger partial charge in [-0.2, -0.15) is 0 Å². The van der Waals surface area contributed by atoms with Gasteiger partial charge in [0.1, 0.15) is 0 Å². The second-order valence-corrected chi connectivity index (χ2v) is 6.78. The predicted molar refractivity (Wildman–Crippen MR) is 83.8 cm³/mol. The highest BCUT2D eigenvalue weighted by atomic mass is 32.3. The molecule has 2 heterocycles. The van der Waals surface area contributed by atoms with E-state index in [0.29, 0.717) is 11.4 Å². The molecule has 1 saturated heterocycles. The molecule has 22 heavy (non-hydrogen) atoms. The fourth-order valence-corrected chi connectivity index (χ4v) is 1.97. The Bertz CT molecular complexity index is 596. The third-order valence-corrected chi connectivity index (χ3v) is 3.78. The van der Waals surface area contributed by atoms with Crippen molar-refractivity contribution in [2.75, 3.05) is 63.8 Å². The van der Waals surface area contributed by atoms with E-state index >= 15 is 0 Å². The van der Waals surface area contributed by atoms with Gasteiger partial charge in [-0.05, 0) is 6.07 Å². The van der Waals surface area contributed by atoms with Gasteiger partial charge in [0.25, 0.3) is 0 Å². The molecule has 1 aromatic heterocycles. The van der Waals surface area contributed by atoms with Gasteiger partial charge < -0.3 is 25.4 Å². The minimum absolute atomic E-state index is 0.620. The maximum atomic E-state index is 9.22. The number of likely N-dealkylation sites (N-methyl/N-ethyl adjacent to an activating group) is 1. The van der Waals surface area contributed by atoms with Crippen LogP contribution in [0.15, 0.2) is 12.3 Å². The normalized spacial score (nSPS) is 17.5. The summed E-state index contributed by atoms with van der Waals surface area (Å²) in [5.74, 6) is 0.869. The summed E-state index contributed by atoms with van der Waals surface area (Å²) < 4.78 is 32.1. The number of nitrogens with zero attached hydrogens (tertiary/aromatic N) is 3. The van der Waals surface area contributed by atoms with Crippen LogP contribution in [0.25, 0.3) is 0 Å². The number of rotatable bonds is 2. The topological polar surface area (TPSA) is 135 Å². The number of pyridine rings is 1. The Morgan fingerprint density at radius 3 is 2.23 bits per heavy atom. The monoisotopic (exact) mass is 333 g/mol. The van der Waals surface area contributed by atoms with Crippen molar-refractivity contribution >= 4 is 27.6 Å². The number of hydrogen-bond donors (Lipinski definition) is 2. The molecule has 1 aliphatic rings. The van der Waals surface area contributed by atoms with Crippen molar-refractivity contribution in [3.8, 4) is 0 Å². The lowest BCUT2D eigenvalue weighted by molar-refractivity contribution is -0.890. The minimum atomic E-state index is -4.41. The quantitative estimate of drug-likeness (QED) is 0.409. The number of quaternary nitrogens is 1. The van der Waals surface area contributed by atoms with Crippen LogP contribution in [0, 0.1) is 0 Å². The van der Waals surface area contributed by atoms with Crippen LogP contribution in [0.2, 0.25) is 0 Å². The summed E-state index contributed by atoms with van der Waals surface area (Å²) in [4.78, 5) is 6.55. The van der Waals surface area contributed by atoms with E-state index in [2.05, 4.69) is 28.2 Å². The Labute approximate surface area is 131 Å². The lowest BCUT2D eigenvalue weighted by Gasteiger charge is -2.39. The number of piperazine rings is 1. The van der Waals surface area contributed by atoms with Crippen molar-refractivity contribution in [3.05, 3.63) is 12.3 Å². The zero-order valence-electron chi connectivity index (χ0n) is 13.0. The molecule has 0 aromatic carbocycles. The standard InChI is InChI=1S/C11H20N5.CH4O4S/c1-16(2)5-3-15(4-6-16)11-10(13)7-9(12)8-14-11;1-5-6(2,3)4/h7-8H,3-6,12-13H2,1-2H3;1H3,(H,2,3,4)/q+1;/p-1. The van der Waals surface area contributed by atoms with Crippen molar-refractivity contribution in [2.45, 2.75) is 0 Å². The van der Waals surface area contributed by atoms with Crippen molar-refractivity contribution in [1.82, 2.24) is 4.98 Å². The summed E-state index contributed by atoms with van der Waals surface area (Å²) >= 11 is 0. The second kappa shape index (κ2) is 7.09. The third-order valence-electron chi connectivity index (χ3n) is 3.37. The van der Waals surface area contributed by atoms with E-state index in [0.717, 1.165) is 43.6 Å². The molecule has 0 aliphatic carbocycles. The first-order chi connectivity index (χ1) is 10.0. The zero-order chi connectivity index (χ0) is 17.0. The molecule has 0 bridgehead atoms. The van der Waals surface area contributed by atoms with E-state index in [1.165, 1.54) is 0 Å². The molecule has 2 rings (SSSR count). The molecule has 126 valence electrons. The van der Waals surface area contributed by atoms with Crippen LogP contribution >= 0.6 is 0 Å². The highest BCUT2D eigenvalue weighted by Gasteiger charge is 2.25. The number of nitrogen functional groups attached to an aromatic ring is 2. The van der Waals surface area contributed by atoms with Gasteiger partial charge >= 0.3 is 0 Å². The summed E-state index contributed by atoms with van der Waals surface area (Å²) in [5.41, 5.74) is 12.9. The minimum Gasteiger partial charge on any atom is -0.726 e. The maximum Gasteiger partial charge on any atom is 0.217 e. The Morgan fingerprint density at radius 2 is 1.82 bits per heavy atom. The molecule has 0 spiro atoms. The zero-order valence-corrected chi connectivity index (χ0v) is 13.8. The van der Waals surface area contributed by atoms with Gasteiger partial charge in [-0.1, -0.05) is 0 Å². The maximum absolute atomic E-state index is 9.22. The second-order valence-electron chi connectivity index (χ2n) is 5.63. The molecular weight excluding hydrogens is 310 g/mol. The van der Waals surface area contributed by atoms with Crippen molar-refractivity contribution in [3.63, 3.8) is 0 Å². The van der Waals surface area contributed by atoms with Crippen LogP contribution in [-0.2, 0) is 14.6 Å². The number of nitrogens with two attached hydrogens (primary N) is 2. The Kier molecular flexibility index (Phi) is 5.94. The van der Waals surface area contributed by atoms with E-state index in [1.807, 2.05) is 0 Å². The van der Waals surface area contributed by atoms with Crippen LogP contribution in [0.3, 0.4) is 0 Å². The molecule has 0 unspecified atom stereocenters. The molecule has 10 heteroatoms. The highest BCUT2D eigenvalue weighted by molar-refractivity contribution is 7.80. The third kappa shape index (κ3) is 6.02. The van der Waals surface area contributed by atoms with Crippen molar-refractivity contribution in [1.29, 1.82) is 0 Å². The predicted octanol–water partition coefficient (Wildman–Crippen LogP) is -0.765. The van der Waals surface area contributed by atoms with Crippen molar-refractivity contribution in [2.24, 2.45) is 0 Å². The first-order valence-corrected chi connectivity index (χ1v) is 7.97. The largest absolute Gasteiger partial charge is 0.726 e. The van der Waals surface area contributed by atoms with E-state index in [9.17, 15) is 13.0 Å². The molecule has 0 saturated carbocycles. The number of hydrogen-bond acceptors (Lipinski definition) is 8.